The van der Waals surface area contributed by atoms with E-state index in [2.05, 4.69) is 10.3 Å². The maximum atomic E-state index is 13.5. The SMILES string of the molecule is OCC(CNCc1cc(F)c(F)cc1F)Cc1ccccn1. The second kappa shape index (κ2) is 7.91. The Labute approximate surface area is 126 Å². The van der Waals surface area contributed by atoms with Gasteiger partial charge in [-0.1, -0.05) is 6.07 Å². The zero-order valence-electron chi connectivity index (χ0n) is 11.9. The van der Waals surface area contributed by atoms with E-state index in [4.69, 9.17) is 0 Å². The van der Waals surface area contributed by atoms with E-state index in [1.54, 1.807) is 6.20 Å². The first-order chi connectivity index (χ1) is 10.6. The maximum absolute atomic E-state index is 13.5. The van der Waals surface area contributed by atoms with Crippen molar-refractivity contribution in [2.75, 3.05) is 13.2 Å². The van der Waals surface area contributed by atoms with Gasteiger partial charge in [-0.05, 0) is 30.5 Å². The van der Waals surface area contributed by atoms with Gasteiger partial charge in [-0.3, -0.25) is 4.98 Å². The molecule has 0 spiro atoms. The van der Waals surface area contributed by atoms with Gasteiger partial charge >= 0.3 is 0 Å². The Hall–Kier alpha value is -1.92. The number of pyridine rings is 1. The second-order valence-electron chi connectivity index (χ2n) is 5.06. The minimum atomic E-state index is -1.20. The summed E-state index contributed by atoms with van der Waals surface area (Å²) in [5.41, 5.74) is 0.899. The third-order valence-corrected chi connectivity index (χ3v) is 3.32. The van der Waals surface area contributed by atoms with Gasteiger partial charge in [0.2, 0.25) is 0 Å². The summed E-state index contributed by atoms with van der Waals surface area (Å²) in [5, 5.41) is 12.3. The predicted molar refractivity (Wildman–Crippen MR) is 76.5 cm³/mol. The van der Waals surface area contributed by atoms with Crippen LogP contribution in [0.3, 0.4) is 0 Å². The highest BCUT2D eigenvalue weighted by Crippen LogP contribution is 2.13. The second-order valence-corrected chi connectivity index (χ2v) is 5.06. The Kier molecular flexibility index (Phi) is 5.91. The number of hydrogen-bond acceptors (Lipinski definition) is 3. The number of aliphatic hydroxyl groups excluding tert-OH is 1. The van der Waals surface area contributed by atoms with Gasteiger partial charge in [0.05, 0.1) is 0 Å². The van der Waals surface area contributed by atoms with Crippen molar-refractivity contribution < 1.29 is 18.3 Å². The Morgan fingerprint density at radius 3 is 2.55 bits per heavy atom. The molecule has 0 bridgehead atoms. The van der Waals surface area contributed by atoms with E-state index >= 15 is 0 Å². The van der Waals surface area contributed by atoms with Crippen molar-refractivity contribution >= 4 is 0 Å². The number of rotatable bonds is 7. The first kappa shape index (κ1) is 16.5. The lowest BCUT2D eigenvalue weighted by atomic mass is 10.0. The van der Waals surface area contributed by atoms with E-state index in [1.807, 2.05) is 18.2 Å². The smallest absolute Gasteiger partial charge is 0.161 e. The van der Waals surface area contributed by atoms with Crippen molar-refractivity contribution in [1.82, 2.24) is 10.3 Å². The van der Waals surface area contributed by atoms with Crippen LogP contribution in [0.1, 0.15) is 11.3 Å². The summed E-state index contributed by atoms with van der Waals surface area (Å²) in [6.07, 6.45) is 2.25. The normalized spacial score (nSPS) is 12.4. The van der Waals surface area contributed by atoms with Crippen molar-refractivity contribution in [2.45, 2.75) is 13.0 Å². The molecule has 0 saturated carbocycles. The number of hydrogen-bond donors (Lipinski definition) is 2. The third kappa shape index (κ3) is 4.54. The van der Waals surface area contributed by atoms with Crippen LogP contribution in [0.15, 0.2) is 36.5 Å². The lowest BCUT2D eigenvalue weighted by Crippen LogP contribution is -2.27. The molecule has 0 fully saturated rings. The molecule has 1 aromatic heterocycles. The zero-order valence-corrected chi connectivity index (χ0v) is 11.9. The van der Waals surface area contributed by atoms with Crippen molar-refractivity contribution in [3.63, 3.8) is 0 Å². The van der Waals surface area contributed by atoms with Crippen LogP contribution in [0.5, 0.6) is 0 Å². The highest BCUT2D eigenvalue weighted by Gasteiger charge is 2.12. The summed E-state index contributed by atoms with van der Waals surface area (Å²) >= 11 is 0. The largest absolute Gasteiger partial charge is 0.396 e. The molecule has 1 unspecified atom stereocenters. The number of nitrogens with one attached hydrogen (secondary N) is 1. The van der Waals surface area contributed by atoms with E-state index in [1.165, 1.54) is 0 Å². The summed E-state index contributed by atoms with van der Waals surface area (Å²) in [7, 11) is 0. The first-order valence-corrected chi connectivity index (χ1v) is 6.95. The fourth-order valence-corrected chi connectivity index (χ4v) is 2.13. The number of aromatic nitrogens is 1. The standard InChI is InChI=1S/C16H17F3N2O/c17-14-7-16(19)15(18)6-12(14)9-20-8-11(10-22)5-13-3-1-2-4-21-13/h1-4,6-7,11,20,22H,5,8-10H2. The van der Waals surface area contributed by atoms with Gasteiger partial charge in [-0.15, -0.1) is 0 Å². The van der Waals surface area contributed by atoms with Crippen LogP contribution in [-0.2, 0) is 13.0 Å². The summed E-state index contributed by atoms with van der Waals surface area (Å²) in [6.45, 7) is 0.414. The Balaban J connectivity index is 1.88. The van der Waals surface area contributed by atoms with Crippen molar-refractivity contribution in [2.24, 2.45) is 5.92 Å². The Bertz CT molecular complexity index is 608. The minimum Gasteiger partial charge on any atom is -0.396 e. The molecule has 0 radical (unpaired) electrons. The monoisotopic (exact) mass is 310 g/mol. The summed E-state index contributed by atoms with van der Waals surface area (Å²) in [5.74, 6) is -3.17. The Morgan fingerprint density at radius 1 is 1.09 bits per heavy atom. The average molecular weight is 310 g/mol. The molecule has 1 atom stereocenters. The molecular weight excluding hydrogens is 293 g/mol. The molecule has 3 nitrogen and oxygen atoms in total. The van der Waals surface area contributed by atoms with Gasteiger partial charge < -0.3 is 10.4 Å². The molecule has 2 rings (SSSR count). The summed E-state index contributed by atoms with van der Waals surface area (Å²) in [4.78, 5) is 4.18. The van der Waals surface area contributed by atoms with E-state index in [0.29, 0.717) is 19.0 Å². The highest BCUT2D eigenvalue weighted by atomic mass is 19.2. The number of halogens is 3. The summed E-state index contributed by atoms with van der Waals surface area (Å²) in [6, 6.07) is 6.90. The van der Waals surface area contributed by atoms with Gasteiger partial charge in [0.25, 0.3) is 0 Å². The molecule has 0 amide bonds. The maximum Gasteiger partial charge on any atom is 0.161 e. The lowest BCUT2D eigenvalue weighted by Gasteiger charge is -2.15. The number of aliphatic hydroxyl groups is 1. The molecule has 2 aromatic rings. The first-order valence-electron chi connectivity index (χ1n) is 6.95. The molecule has 1 aromatic carbocycles. The van der Waals surface area contributed by atoms with Gasteiger partial charge in [-0.25, -0.2) is 13.2 Å². The zero-order chi connectivity index (χ0) is 15.9. The van der Waals surface area contributed by atoms with Crippen LogP contribution in [0.2, 0.25) is 0 Å². The topological polar surface area (TPSA) is 45.1 Å². The molecule has 22 heavy (non-hydrogen) atoms. The van der Waals surface area contributed by atoms with Crippen LogP contribution in [0.25, 0.3) is 0 Å². The lowest BCUT2D eigenvalue weighted by molar-refractivity contribution is 0.220. The van der Waals surface area contributed by atoms with Crippen LogP contribution < -0.4 is 5.32 Å². The van der Waals surface area contributed by atoms with Crippen LogP contribution >= 0.6 is 0 Å². The quantitative estimate of drug-likeness (QED) is 0.772. The molecule has 0 aliphatic carbocycles. The number of nitrogens with zero attached hydrogens (tertiary/aromatic N) is 1. The molecule has 0 aliphatic heterocycles. The summed E-state index contributed by atoms with van der Waals surface area (Å²) < 4.78 is 39.4. The number of benzene rings is 1. The van der Waals surface area contributed by atoms with E-state index in [9.17, 15) is 18.3 Å². The van der Waals surface area contributed by atoms with Gasteiger partial charge in [0, 0.05) is 43.2 Å². The third-order valence-electron chi connectivity index (χ3n) is 3.32. The van der Waals surface area contributed by atoms with Crippen molar-refractivity contribution in [1.29, 1.82) is 0 Å². The molecule has 0 aliphatic rings. The Morgan fingerprint density at radius 2 is 1.86 bits per heavy atom. The molecular formula is C16H17F3N2O. The van der Waals surface area contributed by atoms with Crippen LogP contribution in [0.4, 0.5) is 13.2 Å². The highest BCUT2D eigenvalue weighted by molar-refractivity contribution is 5.19. The van der Waals surface area contributed by atoms with E-state index in [-0.39, 0.29) is 24.6 Å². The average Bonchev–Trinajstić information content (AvgIpc) is 2.52. The fourth-order valence-electron chi connectivity index (χ4n) is 2.13. The molecule has 118 valence electrons. The molecule has 6 heteroatoms. The van der Waals surface area contributed by atoms with Gasteiger partial charge in [-0.2, -0.15) is 0 Å². The molecule has 1 heterocycles. The van der Waals surface area contributed by atoms with E-state index < -0.39 is 17.5 Å². The van der Waals surface area contributed by atoms with Crippen LogP contribution in [-0.4, -0.2) is 23.2 Å². The van der Waals surface area contributed by atoms with Crippen molar-refractivity contribution in [3.8, 4) is 0 Å². The fraction of sp³-hybridized carbons (Fsp3) is 0.312. The van der Waals surface area contributed by atoms with Gasteiger partial charge in [0.1, 0.15) is 5.82 Å². The minimum absolute atomic E-state index is 0.0495. The molecule has 0 saturated heterocycles. The van der Waals surface area contributed by atoms with Crippen molar-refractivity contribution in [3.05, 3.63) is 65.2 Å². The van der Waals surface area contributed by atoms with Crippen LogP contribution in [0, 0.1) is 23.4 Å². The van der Waals surface area contributed by atoms with E-state index in [0.717, 1.165) is 11.8 Å². The van der Waals surface area contributed by atoms with Gasteiger partial charge in [0.15, 0.2) is 11.6 Å². The predicted octanol–water partition coefficient (Wildman–Crippen LogP) is 2.44. The molecule has 2 N–H and O–H groups in total.